The third kappa shape index (κ3) is 5.34. The third-order valence-corrected chi connectivity index (χ3v) is 5.08. The lowest BCUT2D eigenvalue weighted by Crippen LogP contribution is -2.50. The lowest BCUT2D eigenvalue weighted by Gasteiger charge is -2.35. The minimum absolute atomic E-state index is 0.0763. The fraction of sp³-hybridized carbons (Fsp3) is 0.333. The Morgan fingerprint density at radius 1 is 1.09 bits per heavy atom. The summed E-state index contributed by atoms with van der Waals surface area (Å²) in [6.45, 7) is 2.07. The second-order valence-corrected chi connectivity index (χ2v) is 7.20. The van der Waals surface area contributed by atoms with E-state index in [9.17, 15) is 32.9 Å². The van der Waals surface area contributed by atoms with Crippen LogP contribution in [0.2, 0.25) is 0 Å². The number of carbonyl (C=O) groups excluding carboxylic acids is 2. The summed E-state index contributed by atoms with van der Waals surface area (Å²) in [5.41, 5.74) is -1.19. The number of Topliss-reactive ketones (excluding diaryl/α,β-unsaturated/α-hetero) is 1. The number of alkyl halides is 3. The van der Waals surface area contributed by atoms with Crippen LogP contribution < -0.4 is 9.64 Å². The van der Waals surface area contributed by atoms with Gasteiger partial charge >= 0.3 is 6.18 Å². The topological polar surface area (TPSA) is 93.0 Å². The molecule has 0 bridgehead atoms. The fourth-order valence-corrected chi connectivity index (χ4v) is 3.35. The number of anilines is 1. The van der Waals surface area contributed by atoms with Gasteiger partial charge in [0.1, 0.15) is 11.4 Å². The number of piperazine rings is 1. The van der Waals surface area contributed by atoms with Crippen molar-refractivity contribution in [3.05, 3.63) is 63.7 Å². The van der Waals surface area contributed by atoms with Gasteiger partial charge in [0.05, 0.1) is 10.5 Å². The number of ether oxygens (including phenoxy) is 1. The number of hydrogen-bond acceptors (Lipinski definition) is 6. The Morgan fingerprint density at radius 3 is 2.38 bits per heavy atom. The molecule has 3 rings (SSSR count). The summed E-state index contributed by atoms with van der Waals surface area (Å²) in [4.78, 5) is 37.4. The summed E-state index contributed by atoms with van der Waals surface area (Å²) in [7, 11) is 0. The van der Waals surface area contributed by atoms with E-state index in [0.717, 1.165) is 12.1 Å². The first-order valence-corrected chi connectivity index (χ1v) is 9.68. The van der Waals surface area contributed by atoms with E-state index < -0.39 is 22.4 Å². The number of carbonyl (C=O) groups is 2. The Hall–Kier alpha value is -3.63. The first kappa shape index (κ1) is 23.0. The monoisotopic (exact) mass is 451 g/mol. The molecule has 0 unspecified atom stereocenters. The van der Waals surface area contributed by atoms with Crippen molar-refractivity contribution in [2.45, 2.75) is 13.1 Å². The number of halogens is 3. The Labute approximate surface area is 181 Å². The summed E-state index contributed by atoms with van der Waals surface area (Å²) in [5, 5.41) is 11.3. The Kier molecular flexibility index (Phi) is 6.66. The van der Waals surface area contributed by atoms with Crippen molar-refractivity contribution in [1.29, 1.82) is 0 Å². The molecule has 1 saturated heterocycles. The highest BCUT2D eigenvalue weighted by atomic mass is 19.4. The van der Waals surface area contributed by atoms with Gasteiger partial charge in [-0.2, -0.15) is 13.2 Å². The summed E-state index contributed by atoms with van der Waals surface area (Å²) in [6, 6.07) is 8.87. The molecule has 0 saturated carbocycles. The van der Waals surface area contributed by atoms with Crippen molar-refractivity contribution in [1.82, 2.24) is 4.90 Å². The molecule has 1 heterocycles. The van der Waals surface area contributed by atoms with Gasteiger partial charge in [-0.05, 0) is 31.2 Å². The first-order chi connectivity index (χ1) is 15.1. The molecule has 2 aromatic rings. The van der Waals surface area contributed by atoms with Crippen LogP contribution in [0.5, 0.6) is 5.75 Å². The van der Waals surface area contributed by atoms with Crippen LogP contribution in [0.15, 0.2) is 42.5 Å². The molecule has 1 fully saturated rings. The van der Waals surface area contributed by atoms with Gasteiger partial charge in [0.15, 0.2) is 12.4 Å². The number of amides is 1. The summed E-state index contributed by atoms with van der Waals surface area (Å²) >= 11 is 0. The molecule has 1 aliphatic rings. The van der Waals surface area contributed by atoms with Crippen molar-refractivity contribution in [2.75, 3.05) is 37.7 Å². The van der Waals surface area contributed by atoms with E-state index >= 15 is 0 Å². The van der Waals surface area contributed by atoms with E-state index in [1.165, 1.54) is 17.9 Å². The van der Waals surface area contributed by atoms with Crippen LogP contribution in [0.4, 0.5) is 24.5 Å². The second kappa shape index (κ2) is 9.25. The molecule has 0 radical (unpaired) electrons. The SMILES string of the molecule is CC(=O)c1cccc(OCC(=O)N2CCN(c3ccc(C(F)(F)F)cc3[N+](=O)[O-])CC2)c1. The van der Waals surface area contributed by atoms with E-state index in [-0.39, 0.29) is 50.2 Å². The molecule has 170 valence electrons. The zero-order valence-electron chi connectivity index (χ0n) is 17.1. The van der Waals surface area contributed by atoms with Crippen LogP contribution in [-0.2, 0) is 11.0 Å². The van der Waals surface area contributed by atoms with Crippen LogP contribution in [0.25, 0.3) is 0 Å². The van der Waals surface area contributed by atoms with E-state index in [0.29, 0.717) is 17.4 Å². The van der Waals surface area contributed by atoms with Gasteiger partial charge in [-0.3, -0.25) is 19.7 Å². The van der Waals surface area contributed by atoms with E-state index in [4.69, 9.17) is 4.74 Å². The van der Waals surface area contributed by atoms with Gasteiger partial charge < -0.3 is 14.5 Å². The van der Waals surface area contributed by atoms with Crippen molar-refractivity contribution in [3.8, 4) is 5.75 Å². The number of nitrogens with zero attached hydrogens (tertiary/aromatic N) is 3. The normalized spacial score (nSPS) is 14.2. The highest BCUT2D eigenvalue weighted by molar-refractivity contribution is 5.94. The predicted octanol–water partition coefficient (Wildman–Crippen LogP) is 3.54. The highest BCUT2D eigenvalue weighted by Crippen LogP contribution is 2.36. The van der Waals surface area contributed by atoms with E-state index in [2.05, 4.69) is 0 Å². The van der Waals surface area contributed by atoms with Gasteiger partial charge in [-0.25, -0.2) is 0 Å². The van der Waals surface area contributed by atoms with Crippen molar-refractivity contribution >= 4 is 23.1 Å². The molecule has 11 heteroatoms. The maximum Gasteiger partial charge on any atom is 0.416 e. The quantitative estimate of drug-likeness (QED) is 0.379. The average molecular weight is 451 g/mol. The summed E-state index contributed by atoms with van der Waals surface area (Å²) in [5.74, 6) is -0.0554. The van der Waals surface area contributed by atoms with Gasteiger partial charge in [-0.15, -0.1) is 0 Å². The van der Waals surface area contributed by atoms with E-state index in [1.54, 1.807) is 23.1 Å². The zero-order chi connectivity index (χ0) is 23.5. The van der Waals surface area contributed by atoms with Crippen molar-refractivity contribution < 1.29 is 32.4 Å². The van der Waals surface area contributed by atoms with Crippen LogP contribution in [-0.4, -0.2) is 54.3 Å². The molecule has 1 amide bonds. The molecule has 0 atom stereocenters. The first-order valence-electron chi connectivity index (χ1n) is 9.68. The highest BCUT2D eigenvalue weighted by Gasteiger charge is 2.34. The molecule has 0 spiro atoms. The lowest BCUT2D eigenvalue weighted by molar-refractivity contribution is -0.384. The second-order valence-electron chi connectivity index (χ2n) is 7.20. The van der Waals surface area contributed by atoms with Crippen LogP contribution in [0.1, 0.15) is 22.8 Å². The minimum Gasteiger partial charge on any atom is -0.484 e. The third-order valence-electron chi connectivity index (χ3n) is 5.08. The number of benzene rings is 2. The summed E-state index contributed by atoms with van der Waals surface area (Å²) in [6.07, 6.45) is -4.68. The molecular formula is C21H20F3N3O5. The molecule has 8 nitrogen and oxygen atoms in total. The Morgan fingerprint density at radius 2 is 1.78 bits per heavy atom. The van der Waals surface area contributed by atoms with Gasteiger partial charge in [0, 0.05) is 37.8 Å². The Bertz CT molecular complexity index is 1030. The lowest BCUT2D eigenvalue weighted by atomic mass is 10.1. The van der Waals surface area contributed by atoms with Gasteiger partial charge in [0.25, 0.3) is 11.6 Å². The zero-order valence-corrected chi connectivity index (χ0v) is 17.1. The molecule has 0 aliphatic carbocycles. The van der Waals surface area contributed by atoms with Crippen molar-refractivity contribution in [3.63, 3.8) is 0 Å². The summed E-state index contributed by atoms with van der Waals surface area (Å²) < 4.78 is 44.1. The molecular weight excluding hydrogens is 431 g/mol. The van der Waals surface area contributed by atoms with Gasteiger partial charge in [0.2, 0.25) is 0 Å². The molecule has 1 aliphatic heterocycles. The van der Waals surface area contributed by atoms with Crippen LogP contribution >= 0.6 is 0 Å². The number of hydrogen-bond donors (Lipinski definition) is 0. The number of nitro benzene ring substituents is 1. The number of ketones is 1. The standard InChI is InChI=1S/C21H20F3N3O5/c1-14(28)15-3-2-4-17(11-15)32-13-20(29)26-9-7-25(8-10-26)18-6-5-16(21(22,23)24)12-19(18)27(30)31/h2-6,11-12H,7-10,13H2,1H3. The minimum atomic E-state index is -4.68. The van der Waals surface area contributed by atoms with Gasteiger partial charge in [-0.1, -0.05) is 12.1 Å². The number of rotatable bonds is 6. The molecule has 2 aromatic carbocycles. The number of nitro groups is 1. The maximum absolute atomic E-state index is 12.9. The largest absolute Gasteiger partial charge is 0.484 e. The van der Waals surface area contributed by atoms with E-state index in [1.807, 2.05) is 0 Å². The average Bonchev–Trinajstić information content (AvgIpc) is 2.76. The Balaban J connectivity index is 1.61. The smallest absolute Gasteiger partial charge is 0.416 e. The predicted molar refractivity (Wildman–Crippen MR) is 109 cm³/mol. The maximum atomic E-state index is 12.9. The van der Waals surface area contributed by atoms with Crippen LogP contribution in [0.3, 0.4) is 0 Å². The van der Waals surface area contributed by atoms with Crippen LogP contribution in [0, 0.1) is 10.1 Å². The van der Waals surface area contributed by atoms with Crippen molar-refractivity contribution in [2.24, 2.45) is 0 Å². The molecule has 0 aromatic heterocycles. The fourth-order valence-electron chi connectivity index (χ4n) is 3.35. The molecule has 0 N–H and O–H groups in total. The molecule has 32 heavy (non-hydrogen) atoms.